The molecule has 0 saturated carbocycles. The van der Waals surface area contributed by atoms with Crippen molar-refractivity contribution >= 4 is 11.8 Å². The molecular formula is C16H29NOS. The van der Waals surface area contributed by atoms with Crippen molar-refractivity contribution in [1.29, 1.82) is 0 Å². The molecule has 0 amide bonds. The number of thioether (sulfide) groups is 1. The summed E-state index contributed by atoms with van der Waals surface area (Å²) >= 11 is 2.09. The molecule has 0 aromatic carbocycles. The number of hydrogen-bond donors (Lipinski definition) is 1. The largest absolute Gasteiger partial charge is 0.375 e. The molecule has 0 aromatic rings. The van der Waals surface area contributed by atoms with E-state index in [4.69, 9.17) is 4.74 Å². The van der Waals surface area contributed by atoms with Crippen LogP contribution in [-0.4, -0.2) is 36.8 Å². The second-order valence-corrected chi connectivity index (χ2v) is 7.09. The van der Waals surface area contributed by atoms with E-state index < -0.39 is 0 Å². The van der Waals surface area contributed by atoms with Crippen LogP contribution < -0.4 is 5.32 Å². The van der Waals surface area contributed by atoms with E-state index in [2.05, 4.69) is 36.2 Å². The van der Waals surface area contributed by atoms with E-state index in [9.17, 15) is 0 Å². The minimum absolute atomic E-state index is 0.235. The van der Waals surface area contributed by atoms with Crippen LogP contribution in [0.15, 0.2) is 12.2 Å². The molecule has 110 valence electrons. The van der Waals surface area contributed by atoms with E-state index >= 15 is 0 Å². The van der Waals surface area contributed by atoms with E-state index in [-0.39, 0.29) is 5.60 Å². The lowest BCUT2D eigenvalue weighted by atomic mass is 9.82. The Morgan fingerprint density at radius 3 is 2.95 bits per heavy atom. The van der Waals surface area contributed by atoms with Crippen molar-refractivity contribution in [2.45, 2.75) is 51.0 Å². The summed E-state index contributed by atoms with van der Waals surface area (Å²) in [4.78, 5) is 0. The molecule has 0 aliphatic carbocycles. The van der Waals surface area contributed by atoms with Gasteiger partial charge in [-0.2, -0.15) is 11.8 Å². The first-order chi connectivity index (χ1) is 9.35. The zero-order valence-corrected chi connectivity index (χ0v) is 13.1. The fourth-order valence-electron chi connectivity index (χ4n) is 3.10. The molecule has 1 atom stereocenters. The van der Waals surface area contributed by atoms with E-state index in [1.807, 2.05) is 0 Å². The predicted molar refractivity (Wildman–Crippen MR) is 84.9 cm³/mol. The van der Waals surface area contributed by atoms with Crippen LogP contribution in [0.5, 0.6) is 0 Å². The van der Waals surface area contributed by atoms with Crippen molar-refractivity contribution in [2.24, 2.45) is 5.92 Å². The summed E-state index contributed by atoms with van der Waals surface area (Å²) in [5, 5.41) is 3.45. The van der Waals surface area contributed by atoms with Gasteiger partial charge in [0.2, 0.25) is 0 Å². The van der Waals surface area contributed by atoms with Gasteiger partial charge >= 0.3 is 0 Å². The second kappa shape index (κ2) is 8.33. The van der Waals surface area contributed by atoms with Crippen LogP contribution in [0.2, 0.25) is 0 Å². The van der Waals surface area contributed by atoms with Gasteiger partial charge in [0.05, 0.1) is 5.60 Å². The lowest BCUT2D eigenvalue weighted by Gasteiger charge is -2.42. The Labute approximate surface area is 122 Å². The van der Waals surface area contributed by atoms with Crippen LogP contribution in [0.3, 0.4) is 0 Å². The first-order valence-electron chi connectivity index (χ1n) is 7.94. The lowest BCUT2D eigenvalue weighted by molar-refractivity contribution is -0.0949. The van der Waals surface area contributed by atoms with Crippen molar-refractivity contribution < 1.29 is 4.74 Å². The molecule has 2 nitrogen and oxygen atoms in total. The Hall–Kier alpha value is 0.01000. The zero-order valence-electron chi connectivity index (χ0n) is 12.3. The zero-order chi connectivity index (χ0) is 13.4. The Balaban J connectivity index is 1.70. The highest BCUT2D eigenvalue weighted by Crippen LogP contribution is 2.40. The number of nitrogens with one attached hydrogen (secondary N) is 1. The fourth-order valence-corrected chi connectivity index (χ4v) is 4.33. The van der Waals surface area contributed by atoms with Gasteiger partial charge in [-0.05, 0) is 69.0 Å². The van der Waals surface area contributed by atoms with Gasteiger partial charge < -0.3 is 10.1 Å². The van der Waals surface area contributed by atoms with E-state index in [0.717, 1.165) is 25.6 Å². The maximum Gasteiger partial charge on any atom is 0.0703 e. The van der Waals surface area contributed by atoms with Crippen molar-refractivity contribution in [3.05, 3.63) is 12.2 Å². The molecule has 0 bridgehead atoms. The number of hydrogen-bond acceptors (Lipinski definition) is 3. The fraction of sp³-hybridized carbons (Fsp3) is 0.875. The highest BCUT2D eigenvalue weighted by Gasteiger charge is 2.37. The SMILES string of the molecule is CCCNCCC=CC1CCOC2(CCSCC2)C1. The van der Waals surface area contributed by atoms with Crippen LogP contribution in [0.25, 0.3) is 0 Å². The lowest BCUT2D eigenvalue weighted by Crippen LogP contribution is -2.42. The third-order valence-corrected chi connectivity index (χ3v) is 5.24. The summed E-state index contributed by atoms with van der Waals surface area (Å²) in [5.41, 5.74) is 0.235. The van der Waals surface area contributed by atoms with Crippen molar-refractivity contribution in [2.75, 3.05) is 31.2 Å². The van der Waals surface area contributed by atoms with Gasteiger partial charge in [0.15, 0.2) is 0 Å². The molecule has 2 fully saturated rings. The number of allylic oxidation sites excluding steroid dienone is 1. The van der Waals surface area contributed by atoms with Crippen molar-refractivity contribution in [3.8, 4) is 0 Å². The van der Waals surface area contributed by atoms with Gasteiger partial charge in [-0.15, -0.1) is 0 Å². The summed E-state index contributed by atoms with van der Waals surface area (Å²) in [6, 6.07) is 0. The van der Waals surface area contributed by atoms with Gasteiger partial charge in [-0.25, -0.2) is 0 Å². The second-order valence-electron chi connectivity index (χ2n) is 5.86. The molecule has 1 unspecified atom stereocenters. The summed E-state index contributed by atoms with van der Waals surface area (Å²) < 4.78 is 6.14. The molecule has 3 heteroatoms. The normalized spacial score (nSPS) is 27.1. The molecule has 1 spiro atoms. The summed E-state index contributed by atoms with van der Waals surface area (Å²) in [6.45, 7) is 5.45. The molecule has 2 rings (SSSR count). The minimum atomic E-state index is 0.235. The molecule has 2 saturated heterocycles. The van der Waals surface area contributed by atoms with Crippen LogP contribution >= 0.6 is 11.8 Å². The standard InChI is InChI=1S/C16H29NOS/c1-2-9-17-10-4-3-5-15-6-11-18-16(14-15)7-12-19-13-8-16/h3,5,15,17H,2,4,6-14H2,1H3. The van der Waals surface area contributed by atoms with E-state index in [1.165, 1.54) is 50.0 Å². The number of ether oxygens (including phenoxy) is 1. The Kier molecular flexibility index (Phi) is 6.75. The monoisotopic (exact) mass is 283 g/mol. The smallest absolute Gasteiger partial charge is 0.0703 e. The van der Waals surface area contributed by atoms with Crippen LogP contribution in [0.1, 0.15) is 45.4 Å². The topological polar surface area (TPSA) is 21.3 Å². The maximum atomic E-state index is 6.14. The average molecular weight is 283 g/mol. The van der Waals surface area contributed by atoms with E-state index in [0.29, 0.717) is 0 Å². The van der Waals surface area contributed by atoms with Crippen LogP contribution in [-0.2, 0) is 4.74 Å². The predicted octanol–water partition coefficient (Wildman–Crippen LogP) is 3.62. The van der Waals surface area contributed by atoms with Gasteiger partial charge in [0, 0.05) is 6.61 Å². The summed E-state index contributed by atoms with van der Waals surface area (Å²) in [6.07, 6.45) is 12.2. The minimum Gasteiger partial charge on any atom is -0.375 e. The quantitative estimate of drug-likeness (QED) is 0.594. The Morgan fingerprint density at radius 2 is 2.16 bits per heavy atom. The van der Waals surface area contributed by atoms with Gasteiger partial charge in [-0.3, -0.25) is 0 Å². The molecule has 19 heavy (non-hydrogen) atoms. The molecule has 0 aromatic heterocycles. The van der Waals surface area contributed by atoms with Crippen LogP contribution in [0.4, 0.5) is 0 Å². The molecule has 2 aliphatic rings. The highest BCUT2D eigenvalue weighted by molar-refractivity contribution is 7.99. The average Bonchev–Trinajstić information content (AvgIpc) is 2.44. The van der Waals surface area contributed by atoms with Gasteiger partial charge in [0.25, 0.3) is 0 Å². The molecule has 1 N–H and O–H groups in total. The Morgan fingerprint density at radius 1 is 1.32 bits per heavy atom. The molecular weight excluding hydrogens is 254 g/mol. The molecule has 0 radical (unpaired) electrons. The first-order valence-corrected chi connectivity index (χ1v) is 9.09. The van der Waals surface area contributed by atoms with Gasteiger partial charge in [-0.1, -0.05) is 19.1 Å². The molecule has 2 heterocycles. The molecule has 2 aliphatic heterocycles. The maximum absolute atomic E-state index is 6.14. The van der Waals surface area contributed by atoms with E-state index in [1.54, 1.807) is 0 Å². The third-order valence-electron chi connectivity index (χ3n) is 4.26. The van der Waals surface area contributed by atoms with Crippen LogP contribution in [0, 0.1) is 5.92 Å². The number of rotatable bonds is 6. The van der Waals surface area contributed by atoms with Crippen molar-refractivity contribution in [3.63, 3.8) is 0 Å². The summed E-state index contributed by atoms with van der Waals surface area (Å²) in [7, 11) is 0. The van der Waals surface area contributed by atoms with Gasteiger partial charge in [0.1, 0.15) is 0 Å². The summed E-state index contributed by atoms with van der Waals surface area (Å²) in [5.74, 6) is 3.33. The Bertz CT molecular complexity index is 268. The highest BCUT2D eigenvalue weighted by atomic mass is 32.2. The van der Waals surface area contributed by atoms with Crippen molar-refractivity contribution in [1.82, 2.24) is 5.32 Å². The third kappa shape index (κ3) is 5.13. The first kappa shape index (κ1) is 15.4.